The largest absolute Gasteiger partial charge is 0.487 e. The molecule has 1 aromatic carbocycles. The lowest BCUT2D eigenvalue weighted by Gasteiger charge is -2.33. The van der Waals surface area contributed by atoms with Gasteiger partial charge in [0.25, 0.3) is 5.91 Å². The number of ether oxygens (including phenoxy) is 1. The van der Waals surface area contributed by atoms with Crippen molar-refractivity contribution in [3.8, 4) is 5.75 Å². The number of aryl methyl sites for hydroxylation is 1. The van der Waals surface area contributed by atoms with Crippen LogP contribution in [0.15, 0.2) is 35.1 Å². The molecule has 2 aromatic rings. The van der Waals surface area contributed by atoms with Gasteiger partial charge in [-0.1, -0.05) is 15.9 Å². The van der Waals surface area contributed by atoms with E-state index in [1.165, 1.54) is 6.20 Å². The first-order chi connectivity index (χ1) is 10.0. The molecule has 6 heteroatoms. The van der Waals surface area contributed by atoms with E-state index < -0.39 is 0 Å². The van der Waals surface area contributed by atoms with E-state index in [4.69, 9.17) is 4.74 Å². The van der Waals surface area contributed by atoms with E-state index in [0.717, 1.165) is 15.9 Å². The molecule has 1 aromatic heterocycles. The average molecular weight is 348 g/mol. The first-order valence-electron chi connectivity index (χ1n) is 6.61. The number of carbonyl (C=O) groups is 1. The molecule has 5 nitrogen and oxygen atoms in total. The van der Waals surface area contributed by atoms with Crippen LogP contribution in [-0.2, 0) is 0 Å². The number of carbonyl (C=O) groups excluding carboxylic acids is 1. The Balaban J connectivity index is 2.00. The minimum Gasteiger partial charge on any atom is -0.487 e. The Morgan fingerprint density at radius 2 is 2.19 bits per heavy atom. The monoisotopic (exact) mass is 347 g/mol. The molecule has 0 bridgehead atoms. The summed E-state index contributed by atoms with van der Waals surface area (Å²) >= 11 is 3.43. The van der Waals surface area contributed by atoms with E-state index in [1.54, 1.807) is 11.1 Å². The molecule has 1 unspecified atom stereocenters. The van der Waals surface area contributed by atoms with Crippen molar-refractivity contribution >= 4 is 27.5 Å². The Morgan fingerprint density at radius 1 is 1.38 bits per heavy atom. The summed E-state index contributed by atoms with van der Waals surface area (Å²) in [5.74, 6) is 0.530. The van der Waals surface area contributed by atoms with Crippen molar-refractivity contribution in [1.82, 2.24) is 9.97 Å². The van der Waals surface area contributed by atoms with Crippen molar-refractivity contribution in [3.05, 3.63) is 46.5 Å². The predicted molar refractivity (Wildman–Crippen MR) is 82.7 cm³/mol. The van der Waals surface area contributed by atoms with E-state index in [9.17, 15) is 4.79 Å². The molecule has 1 aliphatic rings. The third kappa shape index (κ3) is 2.76. The SMILES string of the molecule is Cc1cnc(C(=O)N2CC(C)Oc3ccc(Br)cc32)cn1. The van der Waals surface area contributed by atoms with Gasteiger partial charge in [-0.2, -0.15) is 0 Å². The molecule has 1 amide bonds. The van der Waals surface area contributed by atoms with Gasteiger partial charge in [-0.3, -0.25) is 14.7 Å². The second-order valence-electron chi connectivity index (χ2n) is 5.00. The standard InChI is InChI=1S/C15H14BrN3O2/c1-9-6-18-12(7-17-9)15(20)19-8-10(2)21-14-4-3-11(16)5-13(14)19/h3-7,10H,8H2,1-2H3. The third-order valence-electron chi connectivity index (χ3n) is 3.22. The molecule has 0 saturated carbocycles. The molecule has 21 heavy (non-hydrogen) atoms. The molecule has 108 valence electrons. The summed E-state index contributed by atoms with van der Waals surface area (Å²) in [5.41, 5.74) is 1.86. The second kappa shape index (κ2) is 5.44. The first kappa shape index (κ1) is 14.0. The molecular formula is C15H14BrN3O2. The van der Waals surface area contributed by atoms with Gasteiger partial charge in [0.2, 0.25) is 0 Å². The van der Waals surface area contributed by atoms with Gasteiger partial charge in [-0.25, -0.2) is 4.98 Å². The molecule has 0 spiro atoms. The lowest BCUT2D eigenvalue weighted by Crippen LogP contribution is -2.42. The van der Waals surface area contributed by atoms with Crippen molar-refractivity contribution in [3.63, 3.8) is 0 Å². The van der Waals surface area contributed by atoms with E-state index in [2.05, 4.69) is 25.9 Å². The van der Waals surface area contributed by atoms with Gasteiger partial charge in [-0.05, 0) is 32.0 Å². The van der Waals surface area contributed by atoms with Crippen LogP contribution < -0.4 is 9.64 Å². The summed E-state index contributed by atoms with van der Waals surface area (Å²) in [6.45, 7) is 4.26. The van der Waals surface area contributed by atoms with E-state index in [-0.39, 0.29) is 12.0 Å². The van der Waals surface area contributed by atoms with E-state index in [1.807, 2.05) is 32.0 Å². The van der Waals surface area contributed by atoms with Crippen LogP contribution in [0.2, 0.25) is 0 Å². The summed E-state index contributed by atoms with van der Waals surface area (Å²) in [6.07, 6.45) is 3.04. The van der Waals surface area contributed by atoms with E-state index >= 15 is 0 Å². The molecule has 1 aliphatic heterocycles. The van der Waals surface area contributed by atoms with Gasteiger partial charge in [0.1, 0.15) is 17.5 Å². The van der Waals surface area contributed by atoms with Crippen molar-refractivity contribution in [2.24, 2.45) is 0 Å². The lowest BCUT2D eigenvalue weighted by molar-refractivity contribution is 0.0956. The Labute approximate surface area is 131 Å². The lowest BCUT2D eigenvalue weighted by atomic mass is 10.2. The summed E-state index contributed by atoms with van der Waals surface area (Å²) in [5, 5.41) is 0. The Kier molecular flexibility index (Phi) is 3.63. The van der Waals surface area contributed by atoms with Crippen molar-refractivity contribution in [1.29, 1.82) is 0 Å². The molecule has 0 radical (unpaired) electrons. The second-order valence-corrected chi connectivity index (χ2v) is 5.91. The van der Waals surface area contributed by atoms with E-state index in [0.29, 0.717) is 18.0 Å². The third-order valence-corrected chi connectivity index (χ3v) is 3.72. The highest BCUT2D eigenvalue weighted by Gasteiger charge is 2.29. The van der Waals surface area contributed by atoms with Crippen LogP contribution in [0.1, 0.15) is 23.1 Å². The maximum atomic E-state index is 12.7. The normalized spacial score (nSPS) is 17.1. The van der Waals surface area contributed by atoms with Crippen LogP contribution in [0.5, 0.6) is 5.75 Å². The van der Waals surface area contributed by atoms with Gasteiger partial charge in [0.15, 0.2) is 0 Å². The molecule has 1 atom stereocenters. The van der Waals surface area contributed by atoms with Gasteiger partial charge in [0, 0.05) is 10.7 Å². The van der Waals surface area contributed by atoms with Crippen molar-refractivity contribution in [2.75, 3.05) is 11.4 Å². The number of fused-ring (bicyclic) bond motifs is 1. The first-order valence-corrected chi connectivity index (χ1v) is 7.40. The number of benzene rings is 1. The molecule has 0 aliphatic carbocycles. The highest BCUT2D eigenvalue weighted by Crippen LogP contribution is 2.36. The number of rotatable bonds is 1. The average Bonchev–Trinajstić information content (AvgIpc) is 2.47. The Morgan fingerprint density at radius 3 is 2.90 bits per heavy atom. The fourth-order valence-electron chi connectivity index (χ4n) is 2.24. The van der Waals surface area contributed by atoms with Crippen molar-refractivity contribution < 1.29 is 9.53 Å². The minimum absolute atomic E-state index is 0.0685. The maximum Gasteiger partial charge on any atom is 0.278 e. The quantitative estimate of drug-likeness (QED) is 0.795. The fraction of sp³-hybridized carbons (Fsp3) is 0.267. The number of aromatic nitrogens is 2. The number of anilines is 1. The molecule has 0 fully saturated rings. The minimum atomic E-state index is -0.169. The zero-order chi connectivity index (χ0) is 15.0. The Hall–Kier alpha value is -1.95. The smallest absolute Gasteiger partial charge is 0.278 e. The predicted octanol–water partition coefficient (Wildman–Crippen LogP) is 2.98. The maximum absolute atomic E-state index is 12.7. The van der Waals surface area contributed by atoms with Gasteiger partial charge in [0.05, 0.1) is 24.1 Å². The molecule has 0 N–H and O–H groups in total. The van der Waals surface area contributed by atoms with Gasteiger partial charge >= 0.3 is 0 Å². The van der Waals surface area contributed by atoms with Gasteiger partial charge in [-0.15, -0.1) is 0 Å². The van der Waals surface area contributed by atoms with Crippen LogP contribution >= 0.6 is 15.9 Å². The van der Waals surface area contributed by atoms with Gasteiger partial charge < -0.3 is 4.74 Å². The highest BCUT2D eigenvalue weighted by atomic mass is 79.9. The number of hydrogen-bond acceptors (Lipinski definition) is 4. The zero-order valence-electron chi connectivity index (χ0n) is 11.7. The highest BCUT2D eigenvalue weighted by molar-refractivity contribution is 9.10. The summed E-state index contributed by atoms with van der Waals surface area (Å²) < 4.78 is 6.67. The topological polar surface area (TPSA) is 55.3 Å². The zero-order valence-corrected chi connectivity index (χ0v) is 13.3. The number of nitrogens with zero attached hydrogens (tertiary/aromatic N) is 3. The summed E-state index contributed by atoms with van der Waals surface area (Å²) in [6, 6.07) is 5.63. The number of hydrogen-bond donors (Lipinski definition) is 0. The molecular weight excluding hydrogens is 334 g/mol. The molecule has 0 saturated heterocycles. The van der Waals surface area contributed by atoms with Crippen LogP contribution in [0.25, 0.3) is 0 Å². The number of amides is 1. The van der Waals surface area contributed by atoms with Crippen LogP contribution in [0, 0.1) is 6.92 Å². The fourth-order valence-corrected chi connectivity index (χ4v) is 2.59. The number of halogens is 1. The molecule has 2 heterocycles. The van der Waals surface area contributed by atoms with Crippen LogP contribution in [-0.4, -0.2) is 28.5 Å². The van der Waals surface area contributed by atoms with Crippen molar-refractivity contribution in [2.45, 2.75) is 20.0 Å². The van der Waals surface area contributed by atoms with Crippen LogP contribution in [0.4, 0.5) is 5.69 Å². The Bertz CT molecular complexity index is 688. The molecule has 3 rings (SSSR count). The summed E-state index contributed by atoms with van der Waals surface area (Å²) in [4.78, 5) is 22.7. The van der Waals surface area contributed by atoms with Crippen LogP contribution in [0.3, 0.4) is 0 Å². The summed E-state index contributed by atoms with van der Waals surface area (Å²) in [7, 11) is 0.